The standard InChI is InChI=1S/C28H36N4O2S/c1-19-14-20(2)16-22(15-19)26-23(24-17-25(28(33)34)35-27(24)29-26)6-9-30-10-12-31(13-11-30)18-21(3)32-7-4-5-8-32/h14-17,29H,3-13,18H2,1-2H3,(H,33,34). The van der Waals surface area contributed by atoms with Crippen molar-refractivity contribution in [2.75, 3.05) is 52.4 Å². The van der Waals surface area contributed by atoms with Crippen LogP contribution in [0.5, 0.6) is 0 Å². The zero-order chi connectivity index (χ0) is 24.5. The Labute approximate surface area is 211 Å². The van der Waals surface area contributed by atoms with Gasteiger partial charge >= 0.3 is 5.97 Å². The monoisotopic (exact) mass is 492 g/mol. The number of nitrogens with one attached hydrogen (secondary N) is 1. The molecule has 2 fully saturated rings. The van der Waals surface area contributed by atoms with Crippen molar-refractivity contribution in [3.8, 4) is 11.3 Å². The Balaban J connectivity index is 1.28. The van der Waals surface area contributed by atoms with Crippen molar-refractivity contribution in [3.63, 3.8) is 0 Å². The van der Waals surface area contributed by atoms with Crippen LogP contribution in [0.2, 0.25) is 0 Å². The van der Waals surface area contributed by atoms with E-state index in [-0.39, 0.29) is 0 Å². The molecule has 0 bridgehead atoms. The summed E-state index contributed by atoms with van der Waals surface area (Å²) < 4.78 is 0. The number of nitrogens with zero attached hydrogens (tertiary/aromatic N) is 3. The number of rotatable bonds is 8. The third-order valence-corrected chi connectivity index (χ3v) is 8.46. The van der Waals surface area contributed by atoms with Crippen molar-refractivity contribution >= 4 is 27.5 Å². The first-order valence-corrected chi connectivity index (χ1v) is 13.5. The van der Waals surface area contributed by atoms with Crippen LogP contribution in [-0.2, 0) is 6.42 Å². The molecule has 2 saturated heterocycles. The third-order valence-electron chi connectivity index (χ3n) is 7.42. The van der Waals surface area contributed by atoms with Crippen molar-refractivity contribution in [1.29, 1.82) is 0 Å². The minimum atomic E-state index is -0.856. The number of carbonyl (C=O) groups is 1. The maximum atomic E-state index is 11.6. The largest absolute Gasteiger partial charge is 0.477 e. The molecule has 1 aromatic carbocycles. The lowest BCUT2D eigenvalue weighted by molar-refractivity contribution is 0.0702. The molecule has 186 valence electrons. The first-order valence-electron chi connectivity index (χ1n) is 12.7. The van der Waals surface area contributed by atoms with Gasteiger partial charge in [-0.2, -0.15) is 0 Å². The molecular weight excluding hydrogens is 456 g/mol. The number of piperazine rings is 1. The number of hydrogen-bond acceptors (Lipinski definition) is 5. The maximum absolute atomic E-state index is 11.6. The molecule has 6 nitrogen and oxygen atoms in total. The molecule has 2 N–H and O–H groups in total. The van der Waals surface area contributed by atoms with Gasteiger partial charge in [-0.1, -0.05) is 23.8 Å². The van der Waals surface area contributed by atoms with E-state index in [1.807, 2.05) is 6.07 Å². The SMILES string of the molecule is C=C(CN1CCN(CCc2c(-c3cc(C)cc(C)c3)[nH]c3sc(C(=O)O)cc23)CC1)N1CCCC1. The topological polar surface area (TPSA) is 62.8 Å². The lowest BCUT2D eigenvalue weighted by atomic mass is 9.99. The molecule has 0 unspecified atom stereocenters. The normalized spacial score (nSPS) is 17.5. The highest BCUT2D eigenvalue weighted by Crippen LogP contribution is 2.36. The second-order valence-electron chi connectivity index (χ2n) is 10.1. The number of aromatic carboxylic acids is 1. The van der Waals surface area contributed by atoms with Gasteiger partial charge in [-0.3, -0.25) is 4.90 Å². The molecule has 0 radical (unpaired) electrons. The molecule has 0 saturated carbocycles. The molecule has 2 aromatic heterocycles. The van der Waals surface area contributed by atoms with Crippen molar-refractivity contribution in [2.24, 2.45) is 0 Å². The van der Waals surface area contributed by atoms with Gasteiger partial charge in [0, 0.05) is 63.4 Å². The summed E-state index contributed by atoms with van der Waals surface area (Å²) in [6.45, 7) is 17.1. The van der Waals surface area contributed by atoms with Crippen LogP contribution in [0.4, 0.5) is 0 Å². The Morgan fingerprint density at radius 1 is 1.00 bits per heavy atom. The number of likely N-dealkylation sites (tertiary alicyclic amines) is 1. The van der Waals surface area contributed by atoms with E-state index in [1.165, 1.54) is 65.2 Å². The van der Waals surface area contributed by atoms with Crippen LogP contribution in [-0.4, -0.2) is 83.1 Å². The predicted molar refractivity (Wildman–Crippen MR) is 145 cm³/mol. The molecule has 0 spiro atoms. The summed E-state index contributed by atoms with van der Waals surface area (Å²) in [4.78, 5) is 24.0. The quantitative estimate of drug-likeness (QED) is 0.464. The Morgan fingerprint density at radius 2 is 1.66 bits per heavy atom. The van der Waals surface area contributed by atoms with E-state index >= 15 is 0 Å². The molecule has 2 aliphatic heterocycles. The summed E-state index contributed by atoms with van der Waals surface area (Å²) in [5.41, 5.74) is 7.30. The first-order chi connectivity index (χ1) is 16.9. The summed E-state index contributed by atoms with van der Waals surface area (Å²) in [6, 6.07) is 8.48. The molecule has 3 aromatic rings. The average molecular weight is 493 g/mol. The van der Waals surface area contributed by atoms with Gasteiger partial charge in [0.15, 0.2) is 0 Å². The van der Waals surface area contributed by atoms with Gasteiger partial charge in [0.25, 0.3) is 0 Å². The van der Waals surface area contributed by atoms with Crippen LogP contribution < -0.4 is 0 Å². The Hall–Kier alpha value is -2.61. The van der Waals surface area contributed by atoms with Crippen molar-refractivity contribution < 1.29 is 9.90 Å². The highest BCUT2D eigenvalue weighted by molar-refractivity contribution is 7.20. The average Bonchev–Trinajstić information content (AvgIpc) is 3.55. The minimum Gasteiger partial charge on any atom is -0.477 e. The predicted octanol–water partition coefficient (Wildman–Crippen LogP) is 4.98. The fourth-order valence-corrected chi connectivity index (χ4v) is 6.52. The van der Waals surface area contributed by atoms with Gasteiger partial charge in [-0.05, 0) is 62.4 Å². The summed E-state index contributed by atoms with van der Waals surface area (Å²) in [5, 5.41) is 10.6. The number of aryl methyl sites for hydroxylation is 2. The number of H-pyrrole nitrogens is 1. The Kier molecular flexibility index (Phi) is 7.00. The van der Waals surface area contributed by atoms with Gasteiger partial charge in [0.1, 0.15) is 9.71 Å². The van der Waals surface area contributed by atoms with Gasteiger partial charge in [0.05, 0.1) is 5.69 Å². The lowest BCUT2D eigenvalue weighted by Gasteiger charge is -2.36. The number of thiophene rings is 1. The number of aromatic amines is 1. The summed E-state index contributed by atoms with van der Waals surface area (Å²) in [7, 11) is 0. The van der Waals surface area contributed by atoms with Gasteiger partial charge in [0.2, 0.25) is 0 Å². The molecule has 0 aliphatic carbocycles. The fourth-order valence-electron chi connectivity index (χ4n) is 5.59. The van der Waals surface area contributed by atoms with E-state index < -0.39 is 5.97 Å². The molecule has 5 rings (SSSR count). The van der Waals surface area contributed by atoms with Crippen molar-refractivity contribution in [3.05, 3.63) is 58.1 Å². The smallest absolute Gasteiger partial charge is 0.345 e. The molecule has 4 heterocycles. The van der Waals surface area contributed by atoms with Crippen LogP contribution in [0, 0.1) is 13.8 Å². The molecular formula is C28H36N4O2S. The number of fused-ring (bicyclic) bond motifs is 1. The van der Waals surface area contributed by atoms with Gasteiger partial charge in [-0.25, -0.2) is 4.79 Å². The van der Waals surface area contributed by atoms with Crippen LogP contribution in [0.25, 0.3) is 21.5 Å². The van der Waals surface area contributed by atoms with E-state index in [1.54, 1.807) is 0 Å². The summed E-state index contributed by atoms with van der Waals surface area (Å²) in [5.74, 6) is -0.856. The second-order valence-corrected chi connectivity index (χ2v) is 11.2. The molecule has 35 heavy (non-hydrogen) atoms. The Bertz CT molecular complexity index is 1210. The first kappa shape index (κ1) is 24.1. The molecule has 0 atom stereocenters. The number of benzene rings is 1. The summed E-state index contributed by atoms with van der Waals surface area (Å²) in [6.07, 6.45) is 3.49. The van der Waals surface area contributed by atoms with E-state index in [9.17, 15) is 9.90 Å². The number of aromatic nitrogens is 1. The van der Waals surface area contributed by atoms with Gasteiger partial charge < -0.3 is 19.9 Å². The van der Waals surface area contributed by atoms with Crippen molar-refractivity contribution in [2.45, 2.75) is 33.1 Å². The molecule has 0 amide bonds. The zero-order valence-corrected chi connectivity index (χ0v) is 21.7. The highest BCUT2D eigenvalue weighted by Gasteiger charge is 2.23. The third kappa shape index (κ3) is 5.32. The minimum absolute atomic E-state index is 0.395. The summed E-state index contributed by atoms with van der Waals surface area (Å²) >= 11 is 1.33. The van der Waals surface area contributed by atoms with Crippen LogP contribution in [0.15, 0.2) is 36.5 Å². The molecule has 7 heteroatoms. The fraction of sp³-hybridized carbons (Fsp3) is 0.464. The Morgan fingerprint density at radius 3 is 2.31 bits per heavy atom. The highest BCUT2D eigenvalue weighted by atomic mass is 32.1. The lowest BCUT2D eigenvalue weighted by Crippen LogP contribution is -2.48. The van der Waals surface area contributed by atoms with E-state index in [2.05, 4.69) is 58.3 Å². The number of hydrogen-bond donors (Lipinski definition) is 2. The van der Waals surface area contributed by atoms with Crippen LogP contribution in [0.3, 0.4) is 0 Å². The van der Waals surface area contributed by atoms with E-state index in [0.29, 0.717) is 4.88 Å². The molecule has 2 aliphatic rings. The van der Waals surface area contributed by atoms with Crippen LogP contribution in [0.1, 0.15) is 39.2 Å². The maximum Gasteiger partial charge on any atom is 0.345 e. The van der Waals surface area contributed by atoms with Gasteiger partial charge in [-0.15, -0.1) is 11.3 Å². The zero-order valence-electron chi connectivity index (χ0n) is 20.9. The second kappa shape index (κ2) is 10.2. The van der Waals surface area contributed by atoms with Crippen molar-refractivity contribution in [1.82, 2.24) is 19.7 Å². The number of carboxylic acid groups (broad SMARTS) is 1. The van der Waals surface area contributed by atoms with E-state index in [4.69, 9.17) is 0 Å². The number of carboxylic acids is 1. The van der Waals surface area contributed by atoms with Crippen LogP contribution >= 0.6 is 11.3 Å². The van der Waals surface area contributed by atoms with E-state index in [0.717, 1.165) is 61.6 Å².